The van der Waals surface area contributed by atoms with Gasteiger partial charge in [0.05, 0.1) is 6.61 Å². The van der Waals surface area contributed by atoms with E-state index in [-0.39, 0.29) is 0 Å². The Balaban J connectivity index is 1.96. The lowest BCUT2D eigenvalue weighted by Gasteiger charge is -2.28. The molecule has 1 heterocycles. The number of rotatable bonds is 6. The molecule has 0 aliphatic carbocycles. The highest BCUT2D eigenvalue weighted by Crippen LogP contribution is 2.26. The maximum atomic E-state index is 10.0. The van der Waals surface area contributed by atoms with E-state index in [1.54, 1.807) is 0 Å². The van der Waals surface area contributed by atoms with Crippen LogP contribution in [-0.4, -0.2) is 67.0 Å². The molecule has 21 heavy (non-hydrogen) atoms. The number of hydrogen-bond donors (Lipinski definition) is 6. The van der Waals surface area contributed by atoms with Gasteiger partial charge in [0.1, 0.15) is 34.8 Å². The number of aliphatic hydroxyl groups excluding tert-OH is 5. The molecule has 8 heteroatoms. The fourth-order valence-corrected chi connectivity index (χ4v) is 2.90. The van der Waals surface area contributed by atoms with Gasteiger partial charge in [-0.2, -0.15) is 5.10 Å². The third-order valence-electron chi connectivity index (χ3n) is 3.14. The largest absolute Gasteiger partial charge is 0.394 e. The molecule has 0 amide bonds. The number of hydrogen-bond acceptors (Lipinski definition) is 8. The number of nitrogens with zero attached hydrogens (tertiary/aromatic N) is 1. The minimum absolute atomic E-state index is 0.657. The molecule has 1 aliphatic rings. The lowest BCUT2D eigenvalue weighted by Crippen LogP contribution is -2.51. The van der Waals surface area contributed by atoms with Gasteiger partial charge in [-0.15, -0.1) is 0 Å². The van der Waals surface area contributed by atoms with E-state index in [4.69, 9.17) is 5.11 Å². The van der Waals surface area contributed by atoms with Crippen LogP contribution in [0.4, 0.5) is 0 Å². The van der Waals surface area contributed by atoms with Gasteiger partial charge in [0, 0.05) is 5.56 Å². The zero-order chi connectivity index (χ0) is 15.4. The Morgan fingerprint density at radius 2 is 1.76 bits per heavy atom. The molecular weight excluding hydrogens is 296 g/mol. The van der Waals surface area contributed by atoms with Crippen molar-refractivity contribution in [2.24, 2.45) is 5.10 Å². The first-order chi connectivity index (χ1) is 10.0. The Bertz CT molecular complexity index is 487. The fourth-order valence-electron chi connectivity index (χ4n) is 1.87. The molecule has 1 aromatic rings. The first-order valence-electron chi connectivity index (χ1n) is 6.43. The van der Waals surface area contributed by atoms with Crippen molar-refractivity contribution >= 4 is 16.8 Å². The number of hydrazone groups is 1. The van der Waals surface area contributed by atoms with Crippen molar-refractivity contribution in [1.82, 2.24) is 5.43 Å². The molecule has 0 saturated carbocycles. The van der Waals surface area contributed by atoms with Gasteiger partial charge in [0.25, 0.3) is 0 Å². The van der Waals surface area contributed by atoms with Crippen LogP contribution in [0, 0.1) is 0 Å². The van der Waals surface area contributed by atoms with Gasteiger partial charge in [-0.05, 0) is 0 Å². The lowest BCUT2D eigenvalue weighted by molar-refractivity contribution is -0.116. The fraction of sp³-hybridized carbons (Fsp3) is 0.462. The van der Waals surface area contributed by atoms with Crippen molar-refractivity contribution in [1.29, 1.82) is 0 Å². The molecule has 0 aromatic heterocycles. The van der Waals surface area contributed by atoms with Crippen molar-refractivity contribution in [3.63, 3.8) is 0 Å². The molecule has 0 bridgehead atoms. The Labute approximate surface area is 125 Å². The summed E-state index contributed by atoms with van der Waals surface area (Å²) in [6.07, 6.45) is -6.14. The molecular formula is C13H18N2O5S. The van der Waals surface area contributed by atoms with E-state index in [9.17, 15) is 20.4 Å². The monoisotopic (exact) mass is 314 g/mol. The van der Waals surface area contributed by atoms with E-state index < -0.39 is 36.4 Å². The lowest BCUT2D eigenvalue weighted by atomic mass is 10.0. The highest BCUT2D eigenvalue weighted by molar-refractivity contribution is 8.15. The summed E-state index contributed by atoms with van der Waals surface area (Å²) in [4.78, 5) is 0. The summed E-state index contributed by atoms with van der Waals surface area (Å²) in [6.45, 7) is -0.706. The van der Waals surface area contributed by atoms with E-state index in [1.165, 1.54) is 11.8 Å². The molecule has 0 radical (unpaired) electrons. The van der Waals surface area contributed by atoms with E-state index in [0.717, 1.165) is 5.56 Å². The maximum Gasteiger partial charge on any atom is 0.125 e. The molecule has 0 spiro atoms. The summed E-state index contributed by atoms with van der Waals surface area (Å²) in [7, 11) is 0. The van der Waals surface area contributed by atoms with Crippen LogP contribution in [0.25, 0.3) is 0 Å². The van der Waals surface area contributed by atoms with E-state index in [0.29, 0.717) is 5.04 Å². The summed E-state index contributed by atoms with van der Waals surface area (Å²) in [5.74, 6) is 0. The first-order valence-corrected chi connectivity index (χ1v) is 7.31. The molecule has 5 atom stereocenters. The second-order valence-corrected chi connectivity index (χ2v) is 5.80. The molecule has 6 N–H and O–H groups in total. The second kappa shape index (κ2) is 7.21. The number of thioether (sulfide) groups is 1. The van der Waals surface area contributed by atoms with Gasteiger partial charge in [0.15, 0.2) is 0 Å². The minimum Gasteiger partial charge on any atom is -0.394 e. The Morgan fingerprint density at radius 1 is 1.10 bits per heavy atom. The molecule has 1 aliphatic heterocycles. The zero-order valence-corrected chi connectivity index (χ0v) is 11.9. The van der Waals surface area contributed by atoms with Crippen LogP contribution < -0.4 is 5.43 Å². The molecule has 116 valence electrons. The van der Waals surface area contributed by atoms with E-state index >= 15 is 0 Å². The van der Waals surface area contributed by atoms with Gasteiger partial charge in [-0.25, -0.2) is 0 Å². The predicted molar refractivity (Wildman–Crippen MR) is 78.6 cm³/mol. The number of aliphatic hydroxyl groups is 5. The zero-order valence-electron chi connectivity index (χ0n) is 11.1. The summed E-state index contributed by atoms with van der Waals surface area (Å²) >= 11 is 1.21. The molecule has 0 saturated heterocycles. The third-order valence-corrected chi connectivity index (χ3v) is 4.33. The van der Waals surface area contributed by atoms with Crippen molar-refractivity contribution in [3.8, 4) is 0 Å². The van der Waals surface area contributed by atoms with Crippen LogP contribution in [0.5, 0.6) is 0 Å². The Morgan fingerprint density at radius 3 is 2.38 bits per heavy atom. The molecule has 7 nitrogen and oxygen atoms in total. The normalized spacial score (nSPS) is 23.9. The number of benzene rings is 1. The predicted octanol–water partition coefficient (Wildman–Crippen LogP) is -1.55. The SMILES string of the molecule is OCC(O)C(O)C(O)C(O)C1NN=C(c2ccccc2)S1. The first kappa shape index (κ1) is 16.2. The summed E-state index contributed by atoms with van der Waals surface area (Å²) in [6, 6.07) is 9.32. The molecule has 2 rings (SSSR count). The smallest absolute Gasteiger partial charge is 0.125 e. The van der Waals surface area contributed by atoms with E-state index in [1.807, 2.05) is 30.3 Å². The van der Waals surface area contributed by atoms with Crippen molar-refractivity contribution in [2.45, 2.75) is 29.8 Å². The molecule has 5 unspecified atom stereocenters. The average Bonchev–Trinajstić information content (AvgIpc) is 3.02. The topological polar surface area (TPSA) is 126 Å². The van der Waals surface area contributed by atoms with Crippen LogP contribution in [0.1, 0.15) is 5.56 Å². The summed E-state index contributed by atoms with van der Waals surface area (Å²) < 4.78 is 0. The van der Waals surface area contributed by atoms with Gasteiger partial charge in [-0.3, -0.25) is 5.43 Å². The van der Waals surface area contributed by atoms with Crippen molar-refractivity contribution < 1.29 is 25.5 Å². The molecule has 1 aromatic carbocycles. The summed E-state index contributed by atoms with van der Waals surface area (Å²) in [5, 5.41) is 51.6. The summed E-state index contributed by atoms with van der Waals surface area (Å²) in [5.41, 5.74) is 3.55. The molecule has 0 fully saturated rings. The third kappa shape index (κ3) is 3.73. The quantitative estimate of drug-likeness (QED) is 0.375. The average molecular weight is 314 g/mol. The van der Waals surface area contributed by atoms with Gasteiger partial charge < -0.3 is 25.5 Å². The van der Waals surface area contributed by atoms with Crippen LogP contribution in [0.3, 0.4) is 0 Å². The van der Waals surface area contributed by atoms with Gasteiger partial charge in [0.2, 0.25) is 0 Å². The van der Waals surface area contributed by atoms with E-state index in [2.05, 4.69) is 10.5 Å². The van der Waals surface area contributed by atoms with Crippen LogP contribution in [0.15, 0.2) is 35.4 Å². The van der Waals surface area contributed by atoms with Crippen LogP contribution in [-0.2, 0) is 0 Å². The van der Waals surface area contributed by atoms with Gasteiger partial charge >= 0.3 is 0 Å². The maximum absolute atomic E-state index is 10.0. The highest BCUT2D eigenvalue weighted by Gasteiger charge is 2.37. The van der Waals surface area contributed by atoms with Gasteiger partial charge in [-0.1, -0.05) is 42.1 Å². The number of nitrogens with one attached hydrogen (secondary N) is 1. The standard InChI is InChI=1S/C13H18N2O5S/c16-6-8(17)9(18)10(19)11(20)13-15-14-12(21-13)7-4-2-1-3-5-7/h1-5,8-11,13,15-20H,6H2. The Kier molecular flexibility index (Phi) is 5.57. The van der Waals surface area contributed by atoms with Crippen LogP contribution in [0.2, 0.25) is 0 Å². The van der Waals surface area contributed by atoms with Crippen LogP contribution >= 0.6 is 11.8 Å². The van der Waals surface area contributed by atoms with Crippen molar-refractivity contribution in [3.05, 3.63) is 35.9 Å². The second-order valence-electron chi connectivity index (χ2n) is 4.67. The highest BCUT2D eigenvalue weighted by atomic mass is 32.2. The Hall–Kier alpha value is -1.16. The minimum atomic E-state index is -1.65. The van der Waals surface area contributed by atoms with Crippen molar-refractivity contribution in [2.75, 3.05) is 6.61 Å².